The molecule has 280 valence electrons. The molecule has 4 aliphatic rings. The van der Waals surface area contributed by atoms with E-state index in [9.17, 15) is 0 Å². The zero-order valence-electron chi connectivity index (χ0n) is 32.4. The molecule has 1 N–H and O–H groups in total. The summed E-state index contributed by atoms with van der Waals surface area (Å²) in [5, 5.41) is 4.23. The molecule has 0 bridgehead atoms. The number of hydrogen-bond donors (Lipinski definition) is 1. The van der Waals surface area contributed by atoms with Gasteiger partial charge >= 0.3 is 0 Å². The van der Waals surface area contributed by atoms with Crippen molar-refractivity contribution in [2.75, 3.05) is 7.05 Å². The van der Waals surface area contributed by atoms with Crippen molar-refractivity contribution in [2.24, 2.45) is 62.3 Å². The van der Waals surface area contributed by atoms with Gasteiger partial charge in [-0.2, -0.15) is 0 Å². The molecule has 8 unspecified atom stereocenters. The van der Waals surface area contributed by atoms with Gasteiger partial charge in [0.15, 0.2) is 0 Å². The molecule has 6 aromatic rings. The molecule has 6 aromatic heterocycles. The topological polar surface area (TPSA) is 94.3 Å². The van der Waals surface area contributed by atoms with Gasteiger partial charge in [0.05, 0.1) is 35.6 Å². The van der Waals surface area contributed by atoms with E-state index in [4.69, 9.17) is 20.0 Å². The molecule has 0 aromatic carbocycles. The highest BCUT2D eigenvalue weighted by molar-refractivity contribution is 6.86. The second kappa shape index (κ2) is 12.7. The lowest BCUT2D eigenvalue weighted by atomic mass is 9.75. The fourth-order valence-electron chi connectivity index (χ4n) is 9.77. The fourth-order valence-corrected chi connectivity index (χ4v) is 9.77. The van der Waals surface area contributed by atoms with E-state index in [-0.39, 0.29) is 48.3 Å². The molecule has 12 heteroatoms. The minimum atomic E-state index is -0.256. The second-order valence-corrected chi connectivity index (χ2v) is 15.7. The molecule has 1 saturated heterocycles. The number of piperazine rings is 1. The van der Waals surface area contributed by atoms with Crippen LogP contribution in [0.25, 0.3) is 0 Å². The van der Waals surface area contributed by atoms with Gasteiger partial charge in [-0.3, -0.25) is 30.2 Å². The number of rotatable bonds is 6. The Morgan fingerprint density at radius 1 is 0.382 bits per heavy atom. The van der Waals surface area contributed by atoms with Gasteiger partial charge in [0, 0.05) is 114 Å². The van der Waals surface area contributed by atoms with Crippen LogP contribution < -0.4 is 5.32 Å². The molecule has 0 amide bonds. The SMILES string of the molecule is CN1C2C3=NC(c4cccn4C)C(c4cccn4C)N=C3C3=NC(c4cccn4C)C(c4cccn4C)N=C3C2NC(c2cccn2C)C1c1cccn1C. The molecule has 9 heterocycles. The summed E-state index contributed by atoms with van der Waals surface area (Å²) in [5.74, 6) is 0. The molecule has 55 heavy (non-hydrogen) atoms. The Balaban J connectivity index is 1.23. The van der Waals surface area contributed by atoms with Crippen molar-refractivity contribution in [1.29, 1.82) is 0 Å². The van der Waals surface area contributed by atoms with Gasteiger partial charge in [-0.25, -0.2) is 0 Å². The second-order valence-electron chi connectivity index (χ2n) is 15.7. The van der Waals surface area contributed by atoms with Crippen molar-refractivity contribution >= 4 is 22.8 Å². The van der Waals surface area contributed by atoms with Crippen molar-refractivity contribution in [3.05, 3.63) is 144 Å². The first kappa shape index (κ1) is 33.8. The third kappa shape index (κ3) is 5.11. The number of hydrogen-bond acceptors (Lipinski definition) is 6. The van der Waals surface area contributed by atoms with Crippen LogP contribution in [-0.2, 0) is 42.3 Å². The van der Waals surface area contributed by atoms with Gasteiger partial charge < -0.3 is 27.4 Å². The first-order valence-electron chi connectivity index (χ1n) is 19.2. The first-order chi connectivity index (χ1) is 26.7. The van der Waals surface area contributed by atoms with Gasteiger partial charge in [-0.15, -0.1) is 0 Å². The van der Waals surface area contributed by atoms with E-state index >= 15 is 0 Å². The Morgan fingerprint density at radius 2 is 0.727 bits per heavy atom. The summed E-state index contributed by atoms with van der Waals surface area (Å²) in [6, 6.07) is 24.5. The predicted octanol–water partition coefficient (Wildman–Crippen LogP) is 5.54. The van der Waals surface area contributed by atoms with Crippen LogP contribution in [0, 0.1) is 0 Å². The van der Waals surface area contributed by atoms with E-state index in [0.29, 0.717) is 0 Å². The molecule has 12 nitrogen and oxygen atoms in total. The highest BCUT2D eigenvalue weighted by Crippen LogP contribution is 2.47. The minimum absolute atomic E-state index is 0.0136. The van der Waals surface area contributed by atoms with Gasteiger partial charge in [0.2, 0.25) is 0 Å². The molecule has 3 aliphatic heterocycles. The molecular weight excluding hydrogens is 685 g/mol. The molecule has 1 saturated carbocycles. The molecule has 10 rings (SSSR count). The number of aliphatic imine (C=N–C) groups is 4. The molecule has 1 aliphatic carbocycles. The van der Waals surface area contributed by atoms with E-state index in [0.717, 1.165) is 45.6 Å². The van der Waals surface area contributed by atoms with Crippen molar-refractivity contribution in [3.8, 4) is 0 Å². The zero-order valence-corrected chi connectivity index (χ0v) is 32.4. The summed E-state index contributed by atoms with van der Waals surface area (Å²) < 4.78 is 13.2. The monoisotopic (exact) mass is 732 g/mol. The molecule has 8 atom stereocenters. The number of fused-ring (bicyclic) bond motifs is 6. The normalized spacial score (nSPS) is 27.8. The average molecular weight is 733 g/mol. The highest BCUT2D eigenvalue weighted by Gasteiger charge is 2.55. The standard InChI is InChI=1S/C43H48N12/c1-49-20-8-14-26(49)32-33(27-15-9-21-50(27)2)45-39-37(44-32)38-40(47-35(29-17-11-23-52(29)4)34(46-38)28-16-10-22-51(28)3)43-41(39)48-36(30-18-12-24-53(30)5)42(55(43)7)31-19-13-25-54(31)6/h8-25,32-36,41-43,48H,1-7H3. The maximum Gasteiger partial charge on any atom is 0.119 e. The average Bonchev–Trinajstić information content (AvgIpc) is 4.04. The smallest absolute Gasteiger partial charge is 0.119 e. The lowest BCUT2D eigenvalue weighted by molar-refractivity contribution is 0.0989. The number of likely N-dealkylation sites (N-methyl/N-ethyl adjacent to an activating group) is 1. The molecule has 0 spiro atoms. The summed E-state index contributed by atoms with van der Waals surface area (Å²) in [7, 11) is 14.9. The van der Waals surface area contributed by atoms with E-state index < -0.39 is 0 Å². The van der Waals surface area contributed by atoms with Gasteiger partial charge in [0.1, 0.15) is 35.6 Å². The van der Waals surface area contributed by atoms with E-state index in [1.165, 1.54) is 11.4 Å². The Kier molecular flexibility index (Phi) is 7.79. The Labute approximate surface area is 321 Å². The van der Waals surface area contributed by atoms with Crippen LogP contribution in [-0.4, -0.2) is 74.3 Å². The maximum atomic E-state index is 5.86. The Morgan fingerprint density at radius 3 is 1.13 bits per heavy atom. The largest absolute Gasteiger partial charge is 0.353 e. The van der Waals surface area contributed by atoms with Gasteiger partial charge in [-0.05, 0) is 79.8 Å². The van der Waals surface area contributed by atoms with E-state index in [1.807, 2.05) is 0 Å². The van der Waals surface area contributed by atoms with E-state index in [2.05, 4.69) is 197 Å². The summed E-state index contributed by atoms with van der Waals surface area (Å²) in [6.07, 6.45) is 12.7. The van der Waals surface area contributed by atoms with Crippen LogP contribution in [0.4, 0.5) is 0 Å². The molecular formula is C43H48N12. The van der Waals surface area contributed by atoms with Crippen molar-refractivity contribution < 1.29 is 0 Å². The first-order valence-corrected chi connectivity index (χ1v) is 19.2. The van der Waals surface area contributed by atoms with Crippen LogP contribution in [0.3, 0.4) is 0 Å². The summed E-state index contributed by atoms with van der Waals surface area (Å²) in [5.41, 5.74) is 10.5. The lowest BCUT2D eigenvalue weighted by Gasteiger charge is -2.53. The maximum absolute atomic E-state index is 5.86. The van der Waals surface area contributed by atoms with Gasteiger partial charge in [-0.1, -0.05) is 0 Å². The van der Waals surface area contributed by atoms with Crippen molar-refractivity contribution in [3.63, 3.8) is 0 Å². The number of nitrogens with zero attached hydrogens (tertiary/aromatic N) is 11. The van der Waals surface area contributed by atoms with Crippen LogP contribution >= 0.6 is 0 Å². The summed E-state index contributed by atoms with van der Waals surface area (Å²) in [6.45, 7) is 0. The Bertz CT molecular complexity index is 2540. The summed E-state index contributed by atoms with van der Waals surface area (Å²) >= 11 is 0. The van der Waals surface area contributed by atoms with Crippen LogP contribution in [0.1, 0.15) is 70.4 Å². The highest BCUT2D eigenvalue weighted by atomic mass is 15.3. The third-order valence-electron chi connectivity index (χ3n) is 12.6. The Hall–Kier alpha value is -5.72. The lowest BCUT2D eigenvalue weighted by Crippen LogP contribution is -2.71. The third-order valence-corrected chi connectivity index (χ3v) is 12.6. The minimum Gasteiger partial charge on any atom is -0.353 e. The van der Waals surface area contributed by atoms with Crippen LogP contribution in [0.15, 0.2) is 130 Å². The van der Waals surface area contributed by atoms with Crippen LogP contribution in [0.2, 0.25) is 0 Å². The quantitative estimate of drug-likeness (QED) is 0.244. The number of aromatic nitrogens is 6. The predicted molar refractivity (Wildman–Crippen MR) is 217 cm³/mol. The van der Waals surface area contributed by atoms with Crippen molar-refractivity contribution in [1.82, 2.24) is 37.6 Å². The van der Waals surface area contributed by atoms with E-state index in [1.54, 1.807) is 0 Å². The molecule has 2 fully saturated rings. The van der Waals surface area contributed by atoms with Crippen LogP contribution in [0.5, 0.6) is 0 Å². The van der Waals surface area contributed by atoms with Gasteiger partial charge in [0.25, 0.3) is 0 Å². The fraction of sp³-hybridized carbons (Fsp3) is 0.349. The number of nitrogens with one attached hydrogen (secondary N) is 1. The molecule has 0 radical (unpaired) electrons. The summed E-state index contributed by atoms with van der Waals surface area (Å²) in [4.78, 5) is 25.8. The number of aryl methyl sites for hydroxylation is 6. The zero-order chi connectivity index (χ0) is 37.7. The van der Waals surface area contributed by atoms with Crippen molar-refractivity contribution in [2.45, 2.75) is 48.3 Å².